The lowest BCUT2D eigenvalue weighted by Gasteiger charge is -2.20. The van der Waals surface area contributed by atoms with Gasteiger partial charge in [-0.25, -0.2) is 0 Å². The first-order valence-electron chi connectivity index (χ1n) is 7.24. The van der Waals surface area contributed by atoms with Crippen molar-refractivity contribution in [2.24, 2.45) is 0 Å². The Morgan fingerprint density at radius 3 is 2.40 bits per heavy atom. The molecule has 0 bridgehead atoms. The standard InChI is InChI=1S/C15H14F6N2O2/c16-14(17,18)6-12(24)22-10-5-13(25)23(8-10)7-9-3-1-2-4-11(9)15(19,20)21/h1-4,10H,5-8H2,(H,22,24). The number of rotatable bonds is 4. The van der Waals surface area contributed by atoms with Gasteiger partial charge in [0.1, 0.15) is 6.42 Å². The molecule has 1 unspecified atom stereocenters. The van der Waals surface area contributed by atoms with Crippen LogP contribution < -0.4 is 5.32 Å². The quantitative estimate of drug-likeness (QED) is 0.831. The molecule has 1 atom stereocenters. The molecule has 25 heavy (non-hydrogen) atoms. The summed E-state index contributed by atoms with van der Waals surface area (Å²) in [7, 11) is 0. The summed E-state index contributed by atoms with van der Waals surface area (Å²) >= 11 is 0. The van der Waals surface area contributed by atoms with Gasteiger partial charge in [-0.05, 0) is 11.6 Å². The number of hydrogen-bond acceptors (Lipinski definition) is 2. The number of benzene rings is 1. The van der Waals surface area contributed by atoms with Crippen molar-refractivity contribution >= 4 is 11.8 Å². The zero-order chi connectivity index (χ0) is 18.8. The number of alkyl halides is 6. The number of halogens is 6. The summed E-state index contributed by atoms with van der Waals surface area (Å²) in [5, 5.41) is 2.08. The normalized spacial score (nSPS) is 18.6. The van der Waals surface area contributed by atoms with Crippen molar-refractivity contribution in [3.8, 4) is 0 Å². The molecule has 1 aromatic carbocycles. The molecule has 0 aromatic heterocycles. The fourth-order valence-corrected chi connectivity index (χ4v) is 2.62. The van der Waals surface area contributed by atoms with Crippen LogP contribution in [0.5, 0.6) is 0 Å². The highest BCUT2D eigenvalue weighted by molar-refractivity contribution is 5.82. The van der Waals surface area contributed by atoms with Crippen LogP contribution in [0.4, 0.5) is 26.3 Å². The van der Waals surface area contributed by atoms with Crippen molar-refractivity contribution in [3.05, 3.63) is 35.4 Å². The summed E-state index contributed by atoms with van der Waals surface area (Å²) < 4.78 is 75.3. The highest BCUT2D eigenvalue weighted by Gasteiger charge is 2.37. The Hall–Kier alpha value is -2.26. The van der Waals surface area contributed by atoms with Gasteiger partial charge in [0, 0.05) is 19.5 Å². The Bertz CT molecular complexity index is 656. The van der Waals surface area contributed by atoms with Gasteiger partial charge in [0.15, 0.2) is 0 Å². The Morgan fingerprint density at radius 1 is 1.16 bits per heavy atom. The molecule has 1 N–H and O–H groups in total. The van der Waals surface area contributed by atoms with Crippen LogP contribution in [0, 0.1) is 0 Å². The van der Waals surface area contributed by atoms with E-state index < -0.39 is 42.2 Å². The molecule has 2 rings (SSSR count). The second-order valence-electron chi connectivity index (χ2n) is 5.69. The SMILES string of the molecule is O=C(CC(F)(F)F)NC1CC(=O)N(Cc2ccccc2C(F)(F)F)C1. The molecule has 138 valence electrons. The molecule has 2 amide bonds. The van der Waals surface area contributed by atoms with E-state index in [4.69, 9.17) is 0 Å². The zero-order valence-corrected chi connectivity index (χ0v) is 12.7. The van der Waals surface area contributed by atoms with Crippen molar-refractivity contribution in [3.63, 3.8) is 0 Å². The van der Waals surface area contributed by atoms with Crippen LogP contribution >= 0.6 is 0 Å². The maximum Gasteiger partial charge on any atom is 0.416 e. The molecule has 1 fully saturated rings. The molecule has 0 spiro atoms. The molecule has 1 heterocycles. The highest BCUT2D eigenvalue weighted by atomic mass is 19.4. The first-order valence-corrected chi connectivity index (χ1v) is 7.24. The molecule has 4 nitrogen and oxygen atoms in total. The fraction of sp³-hybridized carbons (Fsp3) is 0.467. The van der Waals surface area contributed by atoms with E-state index in [2.05, 4.69) is 5.32 Å². The van der Waals surface area contributed by atoms with Gasteiger partial charge in [-0.3, -0.25) is 9.59 Å². The summed E-state index contributed by atoms with van der Waals surface area (Å²) in [6.07, 6.45) is -11.2. The number of nitrogens with zero attached hydrogens (tertiary/aromatic N) is 1. The number of carbonyl (C=O) groups is 2. The molecule has 1 aliphatic rings. The third-order valence-corrected chi connectivity index (χ3v) is 3.62. The average Bonchev–Trinajstić information content (AvgIpc) is 2.75. The smallest absolute Gasteiger partial charge is 0.351 e. The number of hydrogen-bond donors (Lipinski definition) is 1. The van der Waals surface area contributed by atoms with Crippen molar-refractivity contribution in [2.75, 3.05) is 6.54 Å². The summed E-state index contributed by atoms with van der Waals surface area (Å²) in [4.78, 5) is 24.2. The van der Waals surface area contributed by atoms with E-state index in [1.54, 1.807) is 0 Å². The van der Waals surface area contributed by atoms with E-state index >= 15 is 0 Å². The maximum absolute atomic E-state index is 13.0. The van der Waals surface area contributed by atoms with Gasteiger partial charge in [-0.15, -0.1) is 0 Å². The zero-order valence-electron chi connectivity index (χ0n) is 12.7. The first-order chi connectivity index (χ1) is 11.5. The van der Waals surface area contributed by atoms with Gasteiger partial charge >= 0.3 is 12.4 Å². The highest BCUT2D eigenvalue weighted by Crippen LogP contribution is 2.33. The van der Waals surface area contributed by atoms with E-state index in [9.17, 15) is 35.9 Å². The molecular weight excluding hydrogens is 354 g/mol. The van der Waals surface area contributed by atoms with Crippen LogP contribution in [-0.2, 0) is 22.3 Å². The lowest BCUT2D eigenvalue weighted by atomic mass is 10.1. The van der Waals surface area contributed by atoms with Crippen molar-refractivity contribution in [2.45, 2.75) is 37.8 Å². The van der Waals surface area contributed by atoms with Crippen molar-refractivity contribution in [1.29, 1.82) is 0 Å². The molecule has 0 saturated carbocycles. The summed E-state index contributed by atoms with van der Waals surface area (Å²) in [6, 6.07) is 3.87. The number of carbonyl (C=O) groups excluding carboxylic acids is 2. The van der Waals surface area contributed by atoms with Crippen LogP contribution in [0.3, 0.4) is 0 Å². The van der Waals surface area contributed by atoms with E-state index in [-0.39, 0.29) is 25.1 Å². The number of likely N-dealkylation sites (tertiary alicyclic amines) is 1. The first kappa shape index (κ1) is 19.1. The monoisotopic (exact) mass is 368 g/mol. The Labute approximate surface area is 138 Å². The summed E-state index contributed by atoms with van der Waals surface area (Å²) in [5.74, 6) is -1.81. The third kappa shape index (κ3) is 5.36. The average molecular weight is 368 g/mol. The van der Waals surface area contributed by atoms with Crippen molar-refractivity contribution < 1.29 is 35.9 Å². The maximum atomic E-state index is 13.0. The van der Waals surface area contributed by atoms with Gasteiger partial charge < -0.3 is 10.2 Å². The molecule has 1 aromatic rings. The van der Waals surface area contributed by atoms with Crippen LogP contribution in [-0.4, -0.2) is 35.5 Å². The minimum absolute atomic E-state index is 0.120. The van der Waals surface area contributed by atoms with Crippen LogP contribution in [0.2, 0.25) is 0 Å². The van der Waals surface area contributed by atoms with Gasteiger partial charge in [0.25, 0.3) is 0 Å². The summed E-state index contributed by atoms with van der Waals surface area (Å²) in [6.45, 7) is -0.477. The van der Waals surface area contributed by atoms with Crippen molar-refractivity contribution in [1.82, 2.24) is 10.2 Å². The fourth-order valence-electron chi connectivity index (χ4n) is 2.62. The predicted octanol–water partition coefficient (Wildman–Crippen LogP) is 2.87. The Morgan fingerprint density at radius 2 is 1.80 bits per heavy atom. The van der Waals surface area contributed by atoms with Gasteiger partial charge in [-0.1, -0.05) is 18.2 Å². The van der Waals surface area contributed by atoms with Crippen LogP contribution in [0.15, 0.2) is 24.3 Å². The minimum atomic E-state index is -4.67. The third-order valence-electron chi connectivity index (χ3n) is 3.62. The number of nitrogens with one attached hydrogen (secondary N) is 1. The Balaban J connectivity index is 2.02. The van der Waals surface area contributed by atoms with E-state index in [1.165, 1.54) is 18.2 Å². The molecule has 0 radical (unpaired) electrons. The molecule has 10 heteroatoms. The molecule has 1 saturated heterocycles. The molecule has 1 aliphatic heterocycles. The summed E-state index contributed by atoms with van der Waals surface area (Å²) in [5.41, 5.74) is -1.00. The van der Waals surface area contributed by atoms with E-state index in [1.807, 2.05) is 0 Å². The second kappa shape index (κ2) is 6.93. The van der Waals surface area contributed by atoms with Gasteiger partial charge in [0.2, 0.25) is 11.8 Å². The predicted molar refractivity (Wildman–Crippen MR) is 74.1 cm³/mol. The second-order valence-corrected chi connectivity index (χ2v) is 5.69. The topological polar surface area (TPSA) is 49.4 Å². The largest absolute Gasteiger partial charge is 0.416 e. The van der Waals surface area contributed by atoms with Gasteiger partial charge in [0.05, 0.1) is 11.6 Å². The molecule has 0 aliphatic carbocycles. The Kier molecular flexibility index (Phi) is 5.28. The lowest BCUT2D eigenvalue weighted by Crippen LogP contribution is -2.39. The van der Waals surface area contributed by atoms with E-state index in [0.717, 1.165) is 11.0 Å². The lowest BCUT2D eigenvalue weighted by molar-refractivity contribution is -0.154. The molecular formula is C15H14F6N2O2. The van der Waals surface area contributed by atoms with Crippen LogP contribution in [0.25, 0.3) is 0 Å². The van der Waals surface area contributed by atoms with Crippen LogP contribution in [0.1, 0.15) is 24.0 Å². The minimum Gasteiger partial charge on any atom is -0.351 e. The van der Waals surface area contributed by atoms with Gasteiger partial charge in [-0.2, -0.15) is 26.3 Å². The number of amides is 2. The van der Waals surface area contributed by atoms with E-state index in [0.29, 0.717) is 0 Å².